The van der Waals surface area contributed by atoms with Crippen molar-refractivity contribution >= 4 is 29.4 Å². The van der Waals surface area contributed by atoms with Gasteiger partial charge in [-0.05, 0) is 23.3 Å². The number of halogens is 1. The van der Waals surface area contributed by atoms with Crippen LogP contribution in [0, 0.1) is 12.3 Å². The van der Waals surface area contributed by atoms with Crippen LogP contribution in [0.15, 0.2) is 54.6 Å². The van der Waals surface area contributed by atoms with Crippen LogP contribution in [0.4, 0.5) is 0 Å². The largest absolute Gasteiger partial charge is 0.477 e. The van der Waals surface area contributed by atoms with Gasteiger partial charge in [0, 0.05) is 18.0 Å². The summed E-state index contributed by atoms with van der Waals surface area (Å²) in [6, 6.07) is 13.9. The summed E-state index contributed by atoms with van der Waals surface area (Å²) in [7, 11) is 0. The fourth-order valence-corrected chi connectivity index (χ4v) is 4.55. The quantitative estimate of drug-likeness (QED) is 0.160. The van der Waals surface area contributed by atoms with Crippen molar-refractivity contribution in [2.45, 2.75) is 55.7 Å². The number of rotatable bonds is 14. The highest BCUT2D eigenvalue weighted by Crippen LogP contribution is 2.35. The first-order valence-electron chi connectivity index (χ1n) is 13.0. The zero-order valence-corrected chi connectivity index (χ0v) is 23.3. The van der Waals surface area contributed by atoms with Gasteiger partial charge >= 0.3 is 5.97 Å². The number of hydrogen-bond donors (Lipinski definition) is 6. The van der Waals surface area contributed by atoms with E-state index in [0.717, 1.165) is 0 Å². The summed E-state index contributed by atoms with van der Waals surface area (Å²) < 4.78 is 17.2. The number of amides is 2. The van der Waals surface area contributed by atoms with Gasteiger partial charge in [0.05, 0.1) is 31.3 Å². The lowest BCUT2D eigenvalue weighted by Crippen LogP contribution is -2.68. The Balaban J connectivity index is 1.83. The van der Waals surface area contributed by atoms with E-state index < -0.39 is 73.6 Å². The van der Waals surface area contributed by atoms with Crippen LogP contribution >= 0.6 is 11.6 Å². The van der Waals surface area contributed by atoms with Crippen LogP contribution in [-0.4, -0.2) is 94.2 Å². The van der Waals surface area contributed by atoms with Crippen LogP contribution in [0.25, 0.3) is 0 Å². The molecule has 0 aromatic heterocycles. The van der Waals surface area contributed by atoms with E-state index in [9.17, 15) is 34.8 Å². The van der Waals surface area contributed by atoms with E-state index >= 15 is 0 Å². The average Bonchev–Trinajstić information content (AvgIpc) is 2.99. The number of benzene rings is 2. The first kappa shape index (κ1) is 33.0. The lowest BCUT2D eigenvalue weighted by atomic mass is 9.88. The first-order chi connectivity index (χ1) is 20.1. The molecule has 2 aromatic carbocycles. The molecule has 6 N–H and O–H groups in total. The number of carbonyl (C=O) groups excluding carboxylic acids is 2. The highest BCUT2D eigenvalue weighted by Gasteiger charge is 2.56. The third-order valence-corrected chi connectivity index (χ3v) is 6.81. The fraction of sp³-hybridized carbons (Fsp3) is 0.414. The van der Waals surface area contributed by atoms with E-state index in [-0.39, 0.29) is 19.6 Å². The minimum Gasteiger partial charge on any atom is -0.477 e. The number of aliphatic hydroxyl groups excluding tert-OH is 3. The van der Waals surface area contributed by atoms with Gasteiger partial charge in [-0.1, -0.05) is 60.0 Å². The van der Waals surface area contributed by atoms with Crippen LogP contribution in [-0.2, 0) is 41.6 Å². The van der Waals surface area contributed by atoms with Crippen molar-refractivity contribution in [1.29, 1.82) is 0 Å². The molecule has 2 amide bonds. The lowest BCUT2D eigenvalue weighted by Gasteiger charge is -2.47. The van der Waals surface area contributed by atoms with E-state index in [1.165, 1.54) is 0 Å². The van der Waals surface area contributed by atoms with Crippen LogP contribution < -0.4 is 10.6 Å². The lowest BCUT2D eigenvalue weighted by molar-refractivity contribution is -0.316. The molecule has 1 heterocycles. The molecule has 6 atom stereocenters. The summed E-state index contributed by atoms with van der Waals surface area (Å²) in [5, 5.41) is 47.0. The van der Waals surface area contributed by atoms with Gasteiger partial charge in [0.1, 0.15) is 25.4 Å². The van der Waals surface area contributed by atoms with Gasteiger partial charge in [0.25, 0.3) is 5.79 Å². The molecule has 2 aromatic rings. The maximum Gasteiger partial charge on any atom is 0.364 e. The summed E-state index contributed by atoms with van der Waals surface area (Å²) in [6.07, 6.45) is -1.57. The summed E-state index contributed by atoms with van der Waals surface area (Å²) in [6.45, 7) is -1.88. The molecule has 226 valence electrons. The Hall–Kier alpha value is -3.54. The van der Waals surface area contributed by atoms with E-state index in [0.29, 0.717) is 16.1 Å². The molecule has 0 aliphatic carbocycles. The molecule has 0 spiro atoms. The Morgan fingerprint density at radius 3 is 2.40 bits per heavy atom. The number of carbonyl (C=O) groups is 3. The molecule has 42 heavy (non-hydrogen) atoms. The van der Waals surface area contributed by atoms with Gasteiger partial charge in [-0.2, -0.15) is 0 Å². The number of aliphatic hydroxyl groups is 3. The van der Waals surface area contributed by atoms with Crippen LogP contribution in [0.3, 0.4) is 0 Å². The van der Waals surface area contributed by atoms with E-state index in [1.54, 1.807) is 54.6 Å². The topological polar surface area (TPSA) is 184 Å². The molecule has 13 heteroatoms. The number of hydrogen-bond acceptors (Lipinski definition) is 9. The van der Waals surface area contributed by atoms with Crippen molar-refractivity contribution < 1.29 is 49.0 Å². The third kappa shape index (κ3) is 8.98. The van der Waals surface area contributed by atoms with Crippen molar-refractivity contribution in [2.75, 3.05) is 19.8 Å². The average molecular weight is 605 g/mol. The smallest absolute Gasteiger partial charge is 0.364 e. The second-order valence-electron chi connectivity index (χ2n) is 9.59. The summed E-state index contributed by atoms with van der Waals surface area (Å²) in [5.41, 5.74) is 1.28. The molecule has 1 saturated heterocycles. The molecule has 0 radical (unpaired) electrons. The summed E-state index contributed by atoms with van der Waals surface area (Å²) in [5.74, 6) is -3.04. The maximum absolute atomic E-state index is 12.6. The molecule has 0 unspecified atom stereocenters. The third-order valence-electron chi connectivity index (χ3n) is 6.56. The van der Waals surface area contributed by atoms with Crippen molar-refractivity contribution in [1.82, 2.24) is 10.6 Å². The van der Waals surface area contributed by atoms with Gasteiger partial charge in [-0.25, -0.2) is 4.79 Å². The van der Waals surface area contributed by atoms with Crippen molar-refractivity contribution in [3.05, 3.63) is 70.7 Å². The van der Waals surface area contributed by atoms with Gasteiger partial charge in [-0.3, -0.25) is 9.59 Å². The molecular formula is C29H33ClN2O10. The molecule has 1 aliphatic rings. The second kappa shape index (κ2) is 15.6. The fourth-order valence-electron chi connectivity index (χ4n) is 4.43. The maximum atomic E-state index is 12.6. The number of carboxylic acid groups (broad SMARTS) is 1. The molecule has 0 bridgehead atoms. The van der Waals surface area contributed by atoms with E-state index in [4.69, 9.17) is 32.2 Å². The zero-order chi connectivity index (χ0) is 30.7. The number of terminal acetylenes is 1. The Morgan fingerprint density at radius 2 is 1.79 bits per heavy atom. The Labute approximate surface area is 247 Å². The number of aliphatic carboxylic acids is 1. The predicted molar refractivity (Wildman–Crippen MR) is 149 cm³/mol. The Bertz CT molecular complexity index is 1240. The summed E-state index contributed by atoms with van der Waals surface area (Å²) in [4.78, 5) is 37.2. The molecular weight excluding hydrogens is 572 g/mol. The van der Waals surface area contributed by atoms with E-state index in [1.807, 2.05) is 0 Å². The van der Waals surface area contributed by atoms with Crippen LogP contribution in [0.1, 0.15) is 17.5 Å². The van der Waals surface area contributed by atoms with Crippen molar-refractivity contribution in [2.24, 2.45) is 0 Å². The minimum atomic E-state index is -2.39. The molecule has 3 rings (SSSR count). The van der Waals surface area contributed by atoms with Crippen LogP contribution in [0.2, 0.25) is 5.02 Å². The van der Waals surface area contributed by atoms with Gasteiger partial charge in [0.15, 0.2) is 0 Å². The van der Waals surface area contributed by atoms with Gasteiger partial charge < -0.3 is 45.3 Å². The van der Waals surface area contributed by atoms with Crippen molar-refractivity contribution in [3.8, 4) is 12.3 Å². The minimum absolute atomic E-state index is 0.0352. The highest BCUT2D eigenvalue weighted by molar-refractivity contribution is 6.30. The predicted octanol–water partition coefficient (Wildman–Crippen LogP) is 0.00260. The Morgan fingerprint density at radius 1 is 1.10 bits per heavy atom. The Kier molecular flexibility index (Phi) is 12.3. The second-order valence-corrected chi connectivity index (χ2v) is 10.0. The molecule has 0 saturated carbocycles. The van der Waals surface area contributed by atoms with Crippen LogP contribution in [0.5, 0.6) is 0 Å². The SMILES string of the molecule is C#CCO[C@H]1C[C@](OCc2ccccc2)(C(=O)O)O[C@@H]([C@H](O)[C@H](O)CNC(=O)Cc2ccc(Cl)cc2)[C@@H]1NC(=O)CO. The number of ether oxygens (including phenoxy) is 3. The van der Waals surface area contributed by atoms with E-state index in [2.05, 4.69) is 16.6 Å². The normalized spacial score (nSPS) is 23.3. The number of carboxylic acids is 1. The standard InChI is InChI=1S/C29H33ClN2O10/c1-2-12-40-22-14-29(28(38)39,41-17-19-6-4-3-5-7-19)42-27(25(22)32-24(36)16-33)26(37)21(34)15-31-23(35)13-18-8-10-20(30)11-9-18/h1,3-11,21-22,25-27,33-34,37H,12-17H2,(H,31,35)(H,32,36)(H,38,39)/t21-,22+,25-,26-,27-,29-/m1/s1. The zero-order valence-electron chi connectivity index (χ0n) is 22.5. The molecule has 1 aliphatic heterocycles. The highest BCUT2D eigenvalue weighted by atomic mass is 35.5. The van der Waals surface area contributed by atoms with Gasteiger partial charge in [-0.15, -0.1) is 6.42 Å². The van der Waals surface area contributed by atoms with Gasteiger partial charge in [0.2, 0.25) is 11.8 Å². The first-order valence-corrected chi connectivity index (χ1v) is 13.4. The monoisotopic (exact) mass is 604 g/mol. The number of nitrogens with one attached hydrogen (secondary N) is 2. The summed E-state index contributed by atoms with van der Waals surface area (Å²) >= 11 is 5.86. The molecule has 12 nitrogen and oxygen atoms in total. The molecule has 1 fully saturated rings. The van der Waals surface area contributed by atoms with Crippen molar-refractivity contribution in [3.63, 3.8) is 0 Å².